The first-order chi connectivity index (χ1) is 6.73. The summed E-state index contributed by atoms with van der Waals surface area (Å²) < 4.78 is 34.8. The van der Waals surface area contributed by atoms with Crippen molar-refractivity contribution in [3.63, 3.8) is 0 Å². The molecule has 0 atom stereocenters. The van der Waals surface area contributed by atoms with Crippen LogP contribution in [0.3, 0.4) is 0 Å². The van der Waals surface area contributed by atoms with Gasteiger partial charge in [-0.2, -0.15) is 0 Å². The fourth-order valence-corrected chi connectivity index (χ4v) is 1.73. The molecule has 82 valence electrons. The predicted molar refractivity (Wildman–Crippen MR) is 50.8 cm³/mol. The molecule has 15 heavy (non-hydrogen) atoms. The second kappa shape index (κ2) is 3.74. The Labute approximate surface area is 89.0 Å². The first-order valence-corrected chi connectivity index (χ1v) is 5.93. The molecule has 0 aliphatic carbocycles. The number of nitro benzene ring substituents is 1. The second-order valence-electron chi connectivity index (χ2n) is 2.74. The van der Waals surface area contributed by atoms with Crippen molar-refractivity contribution in [1.29, 1.82) is 0 Å². The standard InChI is InChI=1S/C7H5ClFNO4S/c1-4-6(9)2-5(15(8,13)14)3-7(4)10(11)12/h2-3H,1H3. The lowest BCUT2D eigenvalue weighted by molar-refractivity contribution is -0.385. The zero-order valence-corrected chi connectivity index (χ0v) is 8.97. The first kappa shape index (κ1) is 11.9. The highest BCUT2D eigenvalue weighted by Gasteiger charge is 2.21. The minimum atomic E-state index is -4.17. The highest BCUT2D eigenvalue weighted by atomic mass is 35.7. The Hall–Kier alpha value is -1.21. The summed E-state index contributed by atoms with van der Waals surface area (Å²) in [5.74, 6) is -0.983. The molecule has 1 aromatic rings. The topological polar surface area (TPSA) is 77.3 Å². The molecule has 0 fully saturated rings. The summed E-state index contributed by atoms with van der Waals surface area (Å²) in [6.45, 7) is 1.18. The van der Waals surface area contributed by atoms with E-state index in [1.165, 1.54) is 6.92 Å². The predicted octanol–water partition coefficient (Wildman–Crippen LogP) is 1.97. The summed E-state index contributed by atoms with van der Waals surface area (Å²) in [5, 5.41) is 10.5. The number of nitrogens with zero attached hydrogens (tertiary/aromatic N) is 1. The van der Waals surface area contributed by atoms with Crippen LogP contribution in [-0.4, -0.2) is 13.3 Å². The Bertz CT molecular complexity index is 528. The van der Waals surface area contributed by atoms with E-state index in [1.807, 2.05) is 0 Å². The lowest BCUT2D eigenvalue weighted by atomic mass is 10.2. The van der Waals surface area contributed by atoms with Crippen LogP contribution in [0, 0.1) is 22.9 Å². The van der Waals surface area contributed by atoms with Crippen molar-refractivity contribution in [1.82, 2.24) is 0 Å². The normalized spacial score (nSPS) is 11.4. The number of hydrogen-bond donors (Lipinski definition) is 0. The van der Waals surface area contributed by atoms with E-state index in [1.54, 1.807) is 0 Å². The van der Waals surface area contributed by atoms with Gasteiger partial charge in [-0.05, 0) is 13.0 Å². The smallest absolute Gasteiger partial charge is 0.258 e. The molecule has 5 nitrogen and oxygen atoms in total. The molecule has 8 heteroatoms. The van der Waals surface area contributed by atoms with Crippen LogP contribution in [-0.2, 0) is 9.05 Å². The molecule has 0 saturated carbocycles. The molecule has 0 heterocycles. The summed E-state index contributed by atoms with van der Waals surface area (Å²) in [5.41, 5.74) is -0.849. The lowest BCUT2D eigenvalue weighted by Gasteiger charge is -2.01. The molecule has 0 bridgehead atoms. The molecular weight excluding hydrogens is 249 g/mol. The minimum Gasteiger partial charge on any atom is -0.258 e. The van der Waals surface area contributed by atoms with Gasteiger partial charge in [-0.1, -0.05) is 0 Å². The fourth-order valence-electron chi connectivity index (χ4n) is 0.971. The molecule has 0 saturated heterocycles. The van der Waals surface area contributed by atoms with E-state index >= 15 is 0 Å². The van der Waals surface area contributed by atoms with Gasteiger partial charge >= 0.3 is 0 Å². The number of rotatable bonds is 2. The van der Waals surface area contributed by atoms with Crippen molar-refractivity contribution in [2.24, 2.45) is 0 Å². The largest absolute Gasteiger partial charge is 0.276 e. The maximum Gasteiger partial charge on any atom is 0.276 e. The maximum absolute atomic E-state index is 13.1. The number of benzene rings is 1. The van der Waals surface area contributed by atoms with E-state index in [0.29, 0.717) is 6.07 Å². The molecule has 0 aliphatic heterocycles. The van der Waals surface area contributed by atoms with Gasteiger partial charge in [0.1, 0.15) is 5.82 Å². The van der Waals surface area contributed by atoms with Crippen molar-refractivity contribution in [2.75, 3.05) is 0 Å². The van der Waals surface area contributed by atoms with Crippen molar-refractivity contribution in [2.45, 2.75) is 11.8 Å². The van der Waals surface area contributed by atoms with Crippen LogP contribution in [0.1, 0.15) is 5.56 Å². The minimum absolute atomic E-state index is 0.232. The van der Waals surface area contributed by atoms with E-state index in [2.05, 4.69) is 0 Å². The molecule has 0 radical (unpaired) electrons. The average molecular weight is 254 g/mol. The molecular formula is C7H5ClFNO4S. The van der Waals surface area contributed by atoms with Crippen LogP contribution < -0.4 is 0 Å². The molecule has 1 aromatic carbocycles. The maximum atomic E-state index is 13.1. The van der Waals surface area contributed by atoms with Crippen LogP contribution in [0.4, 0.5) is 10.1 Å². The van der Waals surface area contributed by atoms with Crippen LogP contribution >= 0.6 is 10.7 Å². The summed E-state index contributed by atoms with van der Waals surface area (Å²) in [7, 11) is 0.772. The highest BCUT2D eigenvalue weighted by Crippen LogP contribution is 2.26. The van der Waals surface area contributed by atoms with Crippen LogP contribution in [0.5, 0.6) is 0 Å². The third kappa shape index (κ3) is 2.42. The number of nitro groups is 1. The first-order valence-electron chi connectivity index (χ1n) is 3.62. The van der Waals surface area contributed by atoms with Crippen LogP contribution in [0.15, 0.2) is 17.0 Å². The van der Waals surface area contributed by atoms with Crippen molar-refractivity contribution < 1.29 is 17.7 Å². The van der Waals surface area contributed by atoms with E-state index < -0.39 is 30.4 Å². The highest BCUT2D eigenvalue weighted by molar-refractivity contribution is 8.13. The van der Waals surface area contributed by atoms with E-state index in [9.17, 15) is 22.9 Å². The van der Waals surface area contributed by atoms with Gasteiger partial charge in [0.25, 0.3) is 14.7 Å². The van der Waals surface area contributed by atoms with Gasteiger partial charge in [0.2, 0.25) is 0 Å². The molecule has 0 spiro atoms. The molecule has 1 rings (SSSR count). The van der Waals surface area contributed by atoms with Gasteiger partial charge in [0.05, 0.1) is 15.4 Å². The molecule has 0 aliphatic rings. The van der Waals surface area contributed by atoms with E-state index in [-0.39, 0.29) is 5.56 Å². The van der Waals surface area contributed by atoms with E-state index in [4.69, 9.17) is 10.7 Å². The van der Waals surface area contributed by atoms with E-state index in [0.717, 1.165) is 6.07 Å². The van der Waals surface area contributed by atoms with Gasteiger partial charge < -0.3 is 0 Å². The molecule has 0 unspecified atom stereocenters. The van der Waals surface area contributed by atoms with Crippen molar-refractivity contribution in [3.05, 3.63) is 33.6 Å². The quantitative estimate of drug-likeness (QED) is 0.459. The molecule has 0 N–H and O–H groups in total. The summed E-state index contributed by atoms with van der Waals surface area (Å²) in [6, 6.07) is 1.37. The Morgan fingerprint density at radius 2 is 2.00 bits per heavy atom. The number of hydrogen-bond acceptors (Lipinski definition) is 4. The zero-order valence-electron chi connectivity index (χ0n) is 7.40. The average Bonchev–Trinajstić information content (AvgIpc) is 2.06. The third-order valence-corrected chi connectivity index (χ3v) is 3.10. The van der Waals surface area contributed by atoms with Gasteiger partial charge in [-0.3, -0.25) is 10.1 Å². The van der Waals surface area contributed by atoms with Gasteiger partial charge in [-0.15, -0.1) is 0 Å². The molecule has 0 aromatic heterocycles. The van der Waals surface area contributed by atoms with Crippen LogP contribution in [0.25, 0.3) is 0 Å². The Kier molecular flexibility index (Phi) is 2.96. The zero-order chi connectivity index (χ0) is 11.8. The van der Waals surface area contributed by atoms with Crippen LogP contribution in [0.2, 0.25) is 0 Å². The fraction of sp³-hybridized carbons (Fsp3) is 0.143. The van der Waals surface area contributed by atoms with Gasteiger partial charge in [-0.25, -0.2) is 12.8 Å². The Morgan fingerprint density at radius 1 is 1.47 bits per heavy atom. The third-order valence-electron chi connectivity index (χ3n) is 1.77. The summed E-state index contributed by atoms with van der Waals surface area (Å²) >= 11 is 0. The second-order valence-corrected chi connectivity index (χ2v) is 5.31. The van der Waals surface area contributed by atoms with Crippen molar-refractivity contribution in [3.8, 4) is 0 Å². The van der Waals surface area contributed by atoms with Crippen molar-refractivity contribution >= 4 is 25.4 Å². The summed E-state index contributed by atoms with van der Waals surface area (Å²) in [4.78, 5) is 8.96. The molecule has 0 amide bonds. The number of halogens is 2. The Balaban J connectivity index is 3.57. The monoisotopic (exact) mass is 253 g/mol. The van der Waals surface area contributed by atoms with Gasteiger partial charge in [0.15, 0.2) is 0 Å². The lowest BCUT2D eigenvalue weighted by Crippen LogP contribution is -1.99. The SMILES string of the molecule is Cc1c(F)cc(S(=O)(=O)Cl)cc1[N+](=O)[O-]. The Morgan fingerprint density at radius 3 is 2.40 bits per heavy atom. The van der Waals surface area contributed by atoms with Gasteiger partial charge in [0, 0.05) is 16.7 Å². The summed E-state index contributed by atoms with van der Waals surface area (Å²) in [6.07, 6.45) is 0.